The van der Waals surface area contributed by atoms with Crippen LogP contribution in [0.25, 0.3) is 5.69 Å². The second-order valence-electron chi connectivity index (χ2n) is 7.65. The quantitative estimate of drug-likeness (QED) is 0.628. The fourth-order valence-corrected chi connectivity index (χ4v) is 3.81. The average Bonchev–Trinajstić information content (AvgIpc) is 3.16. The number of aromatic nitrogens is 3. The fourth-order valence-electron chi connectivity index (χ4n) is 3.81. The molecule has 0 atom stereocenters. The van der Waals surface area contributed by atoms with Gasteiger partial charge in [0.2, 0.25) is 0 Å². The molecule has 0 unspecified atom stereocenters. The van der Waals surface area contributed by atoms with Crippen LogP contribution < -0.4 is 10.1 Å². The first kappa shape index (κ1) is 20.1. The van der Waals surface area contributed by atoms with Gasteiger partial charge in [-0.15, -0.1) is 0 Å². The predicted molar refractivity (Wildman–Crippen MR) is 113 cm³/mol. The molecule has 4 rings (SSSR count). The number of rotatable bonds is 6. The van der Waals surface area contributed by atoms with Crippen LogP contribution in [0.4, 0.5) is 10.2 Å². The number of pyridine rings is 1. The molecule has 30 heavy (non-hydrogen) atoms. The fraction of sp³-hybridized carbons (Fsp3) is 0.348. The first-order chi connectivity index (χ1) is 14.6. The van der Waals surface area contributed by atoms with Crippen molar-refractivity contribution in [2.75, 3.05) is 11.9 Å². The molecule has 6 nitrogen and oxygen atoms in total. The highest BCUT2D eigenvalue weighted by Crippen LogP contribution is 2.27. The molecule has 1 aromatic carbocycles. The van der Waals surface area contributed by atoms with E-state index in [9.17, 15) is 9.18 Å². The molecule has 1 saturated carbocycles. The van der Waals surface area contributed by atoms with E-state index >= 15 is 0 Å². The molecule has 1 aliphatic carbocycles. The Bertz CT molecular complexity index is 1010. The summed E-state index contributed by atoms with van der Waals surface area (Å²) in [6.45, 7) is 2.43. The van der Waals surface area contributed by atoms with Gasteiger partial charge in [0.25, 0.3) is 5.91 Å². The number of halogens is 1. The van der Waals surface area contributed by atoms with Gasteiger partial charge in [-0.2, -0.15) is 5.10 Å². The third kappa shape index (κ3) is 4.50. The lowest BCUT2D eigenvalue weighted by Crippen LogP contribution is -2.18. The molecule has 0 spiro atoms. The largest absolute Gasteiger partial charge is 0.489 e. The zero-order chi connectivity index (χ0) is 20.9. The summed E-state index contributed by atoms with van der Waals surface area (Å²) in [4.78, 5) is 17.2. The van der Waals surface area contributed by atoms with E-state index in [4.69, 9.17) is 4.74 Å². The zero-order valence-corrected chi connectivity index (χ0v) is 17.0. The normalized spacial score (nSPS) is 14.5. The lowest BCUT2D eigenvalue weighted by atomic mass is 9.90. The Hall–Kier alpha value is -3.22. The maximum Gasteiger partial charge on any atom is 0.260 e. The number of amides is 1. The lowest BCUT2D eigenvalue weighted by molar-refractivity contribution is 0.102. The van der Waals surface area contributed by atoms with Gasteiger partial charge < -0.3 is 10.1 Å². The van der Waals surface area contributed by atoms with Crippen LogP contribution in [0, 0.1) is 18.7 Å². The summed E-state index contributed by atoms with van der Waals surface area (Å²) in [5.41, 5.74) is 1.75. The van der Waals surface area contributed by atoms with E-state index in [1.54, 1.807) is 36.0 Å². The summed E-state index contributed by atoms with van der Waals surface area (Å²) < 4.78 is 20.8. The maximum atomic E-state index is 13.2. The number of nitrogens with zero attached hydrogens (tertiary/aromatic N) is 3. The Kier molecular flexibility index (Phi) is 6.07. The molecule has 156 valence electrons. The molecule has 0 aliphatic heterocycles. The summed E-state index contributed by atoms with van der Waals surface area (Å²) in [5, 5.41) is 7.12. The van der Waals surface area contributed by atoms with Gasteiger partial charge in [-0.05, 0) is 62.1 Å². The summed E-state index contributed by atoms with van der Waals surface area (Å²) in [6, 6.07) is 9.57. The van der Waals surface area contributed by atoms with Gasteiger partial charge in [-0.1, -0.05) is 19.3 Å². The van der Waals surface area contributed by atoms with Gasteiger partial charge in [-0.3, -0.25) is 4.79 Å². The van der Waals surface area contributed by atoms with Crippen molar-refractivity contribution in [3.8, 4) is 11.4 Å². The molecule has 1 aliphatic rings. The Labute approximate surface area is 175 Å². The summed E-state index contributed by atoms with van der Waals surface area (Å²) in [5.74, 6) is 0.880. The SMILES string of the molecule is Cc1c(C(=O)Nc2ncccc2OCC2CCCCC2)cnn1-c1ccc(F)cc1. The number of carbonyl (C=O) groups excluding carboxylic acids is 1. The topological polar surface area (TPSA) is 69.0 Å². The molecule has 1 fully saturated rings. The van der Waals surface area contributed by atoms with Gasteiger partial charge in [0, 0.05) is 6.20 Å². The van der Waals surface area contributed by atoms with Crippen LogP contribution in [0.2, 0.25) is 0 Å². The zero-order valence-electron chi connectivity index (χ0n) is 17.0. The number of ether oxygens (including phenoxy) is 1. The summed E-state index contributed by atoms with van der Waals surface area (Å²) in [6.07, 6.45) is 9.30. The van der Waals surface area contributed by atoms with Crippen molar-refractivity contribution >= 4 is 11.7 Å². The van der Waals surface area contributed by atoms with Crippen molar-refractivity contribution < 1.29 is 13.9 Å². The number of hydrogen-bond donors (Lipinski definition) is 1. The Morgan fingerprint density at radius 2 is 1.97 bits per heavy atom. The number of anilines is 1. The first-order valence-electron chi connectivity index (χ1n) is 10.3. The molecular formula is C23H25FN4O2. The monoisotopic (exact) mass is 408 g/mol. The second-order valence-corrected chi connectivity index (χ2v) is 7.65. The molecule has 1 amide bonds. The van der Waals surface area contributed by atoms with Crippen LogP contribution in [0.1, 0.15) is 48.2 Å². The standard InChI is InChI=1S/C23H25FN4O2/c1-16-20(14-26-28(16)19-11-9-18(24)10-12-19)23(29)27-22-21(8-5-13-25-22)30-15-17-6-3-2-4-7-17/h5,8-14,17H,2-4,6-7,15H2,1H3,(H,25,27,29). The summed E-state index contributed by atoms with van der Waals surface area (Å²) in [7, 11) is 0. The smallest absolute Gasteiger partial charge is 0.260 e. The van der Waals surface area contributed by atoms with Crippen LogP contribution in [-0.4, -0.2) is 27.3 Å². The number of benzene rings is 1. The number of carbonyl (C=O) groups is 1. The lowest BCUT2D eigenvalue weighted by Gasteiger charge is -2.22. The van der Waals surface area contributed by atoms with Gasteiger partial charge in [-0.25, -0.2) is 14.1 Å². The molecular weight excluding hydrogens is 383 g/mol. The van der Waals surface area contributed by atoms with Crippen LogP contribution in [0.15, 0.2) is 48.8 Å². The second kappa shape index (κ2) is 9.07. The van der Waals surface area contributed by atoms with E-state index in [0.717, 1.165) is 0 Å². The van der Waals surface area contributed by atoms with Crippen LogP contribution in [0.3, 0.4) is 0 Å². The minimum atomic E-state index is -0.322. The van der Waals surface area contributed by atoms with Gasteiger partial charge in [0.05, 0.1) is 29.7 Å². The molecule has 2 heterocycles. The van der Waals surface area contributed by atoms with Gasteiger partial charge in [0.15, 0.2) is 11.6 Å². The van der Waals surface area contributed by atoms with Crippen molar-refractivity contribution in [1.29, 1.82) is 0 Å². The molecule has 0 bridgehead atoms. The Morgan fingerprint density at radius 1 is 1.20 bits per heavy atom. The summed E-state index contributed by atoms with van der Waals surface area (Å²) >= 11 is 0. The van der Waals surface area contributed by atoms with Gasteiger partial charge in [0.1, 0.15) is 5.82 Å². The van der Waals surface area contributed by atoms with Crippen molar-refractivity contribution in [3.05, 3.63) is 65.9 Å². The third-order valence-electron chi connectivity index (χ3n) is 5.53. The third-order valence-corrected chi connectivity index (χ3v) is 5.53. The Morgan fingerprint density at radius 3 is 2.73 bits per heavy atom. The minimum absolute atomic E-state index is 0.318. The van der Waals surface area contributed by atoms with E-state index in [-0.39, 0.29) is 11.7 Å². The highest BCUT2D eigenvalue weighted by atomic mass is 19.1. The minimum Gasteiger partial charge on any atom is -0.489 e. The highest BCUT2D eigenvalue weighted by Gasteiger charge is 2.19. The average molecular weight is 408 g/mol. The van der Waals surface area contributed by atoms with Crippen molar-refractivity contribution in [2.45, 2.75) is 39.0 Å². The van der Waals surface area contributed by atoms with E-state index in [1.807, 2.05) is 6.07 Å². The van der Waals surface area contributed by atoms with E-state index in [0.29, 0.717) is 41.0 Å². The van der Waals surface area contributed by atoms with Crippen molar-refractivity contribution in [3.63, 3.8) is 0 Å². The van der Waals surface area contributed by atoms with Crippen LogP contribution >= 0.6 is 0 Å². The van der Waals surface area contributed by atoms with E-state index in [1.165, 1.54) is 50.4 Å². The maximum absolute atomic E-state index is 13.2. The predicted octanol–water partition coefficient (Wildman–Crippen LogP) is 4.93. The van der Waals surface area contributed by atoms with Crippen molar-refractivity contribution in [1.82, 2.24) is 14.8 Å². The highest BCUT2D eigenvalue weighted by molar-refractivity contribution is 6.05. The molecule has 3 aromatic rings. The first-order valence-corrected chi connectivity index (χ1v) is 10.3. The Balaban J connectivity index is 1.47. The molecule has 7 heteroatoms. The molecule has 1 N–H and O–H groups in total. The number of nitrogens with one attached hydrogen (secondary N) is 1. The van der Waals surface area contributed by atoms with E-state index < -0.39 is 0 Å². The molecule has 0 saturated heterocycles. The van der Waals surface area contributed by atoms with Gasteiger partial charge >= 0.3 is 0 Å². The van der Waals surface area contributed by atoms with Crippen LogP contribution in [0.5, 0.6) is 5.75 Å². The molecule has 0 radical (unpaired) electrons. The number of hydrogen-bond acceptors (Lipinski definition) is 4. The van der Waals surface area contributed by atoms with Crippen LogP contribution in [-0.2, 0) is 0 Å². The molecule has 2 aromatic heterocycles. The van der Waals surface area contributed by atoms with E-state index in [2.05, 4.69) is 15.4 Å². The van der Waals surface area contributed by atoms with Crippen molar-refractivity contribution in [2.24, 2.45) is 5.92 Å².